The summed E-state index contributed by atoms with van der Waals surface area (Å²) in [5.41, 5.74) is 1.04. The van der Waals surface area contributed by atoms with Gasteiger partial charge in [-0.05, 0) is 43.7 Å². The highest BCUT2D eigenvalue weighted by atomic mass is 127. The Morgan fingerprint density at radius 2 is 2.25 bits per heavy atom. The molecule has 0 bridgehead atoms. The third-order valence-electron chi connectivity index (χ3n) is 4.56. The predicted octanol–water partition coefficient (Wildman–Crippen LogP) is 3.94. The lowest BCUT2D eigenvalue weighted by Crippen LogP contribution is -2.44. The minimum Gasteiger partial charge on any atom is -0.495 e. The maximum atomic E-state index is 6.18. The molecular formula is C20H28ClIN4O2. The van der Waals surface area contributed by atoms with Crippen molar-refractivity contribution < 1.29 is 9.15 Å². The maximum absolute atomic E-state index is 6.18. The molecule has 6 nitrogen and oxygen atoms in total. The number of halogens is 2. The van der Waals surface area contributed by atoms with Crippen LogP contribution in [0.25, 0.3) is 0 Å². The second-order valence-corrected chi connectivity index (χ2v) is 6.92. The topological polar surface area (TPSA) is 62.0 Å². The predicted molar refractivity (Wildman–Crippen MR) is 126 cm³/mol. The van der Waals surface area contributed by atoms with Crippen molar-refractivity contribution in [3.05, 3.63) is 47.4 Å². The van der Waals surface area contributed by atoms with E-state index in [0.717, 1.165) is 60.7 Å². The van der Waals surface area contributed by atoms with Crippen molar-refractivity contribution in [2.45, 2.75) is 25.8 Å². The van der Waals surface area contributed by atoms with Crippen LogP contribution in [0, 0.1) is 0 Å². The van der Waals surface area contributed by atoms with Crippen molar-refractivity contribution in [1.29, 1.82) is 0 Å². The van der Waals surface area contributed by atoms with Gasteiger partial charge in [0.2, 0.25) is 0 Å². The van der Waals surface area contributed by atoms with E-state index < -0.39 is 0 Å². The monoisotopic (exact) mass is 518 g/mol. The first kappa shape index (κ1) is 22.7. The first-order chi connectivity index (χ1) is 13.2. The molecule has 1 unspecified atom stereocenters. The van der Waals surface area contributed by atoms with Gasteiger partial charge in [0.25, 0.3) is 0 Å². The average Bonchev–Trinajstić information content (AvgIpc) is 3.34. The summed E-state index contributed by atoms with van der Waals surface area (Å²) >= 11 is 6.18. The molecule has 1 atom stereocenters. The van der Waals surface area contributed by atoms with Gasteiger partial charge in [-0.2, -0.15) is 0 Å². The van der Waals surface area contributed by atoms with Gasteiger partial charge < -0.3 is 24.7 Å². The van der Waals surface area contributed by atoms with Gasteiger partial charge in [0.15, 0.2) is 5.96 Å². The molecule has 0 aliphatic carbocycles. The number of methoxy groups -OCH3 is 1. The van der Waals surface area contributed by atoms with E-state index in [9.17, 15) is 0 Å². The third kappa shape index (κ3) is 6.20. The standard InChI is InChI=1S/C20H27ClN4O2.HI/c1-3-22-20(23-10-8-17-5-4-12-27-17)24-16-9-11-25(14-16)18-13-15(21)6-7-19(18)26-2;/h4-7,12-13,16H,3,8-11,14H2,1-2H3,(H2,22,23,24);1H. The number of nitrogens with one attached hydrogen (secondary N) is 2. The van der Waals surface area contributed by atoms with Gasteiger partial charge in [-0.25, -0.2) is 0 Å². The van der Waals surface area contributed by atoms with Crippen LogP contribution >= 0.6 is 35.6 Å². The van der Waals surface area contributed by atoms with Crippen LogP contribution in [0.4, 0.5) is 5.69 Å². The van der Waals surface area contributed by atoms with Crippen LogP contribution in [-0.4, -0.2) is 45.3 Å². The molecule has 2 aromatic rings. The number of guanidine groups is 1. The van der Waals surface area contributed by atoms with Gasteiger partial charge in [-0.1, -0.05) is 11.6 Å². The summed E-state index contributed by atoms with van der Waals surface area (Å²) in [5.74, 6) is 2.64. The Labute approximate surface area is 188 Å². The van der Waals surface area contributed by atoms with E-state index in [4.69, 9.17) is 20.8 Å². The first-order valence-electron chi connectivity index (χ1n) is 9.35. The number of nitrogens with zero attached hydrogens (tertiary/aromatic N) is 2. The number of benzene rings is 1. The normalized spacial score (nSPS) is 16.6. The van der Waals surface area contributed by atoms with E-state index >= 15 is 0 Å². The molecule has 0 amide bonds. The largest absolute Gasteiger partial charge is 0.495 e. The summed E-state index contributed by atoms with van der Waals surface area (Å²) in [6.45, 7) is 5.40. The molecule has 1 fully saturated rings. The minimum atomic E-state index is 0. The number of anilines is 1. The zero-order chi connectivity index (χ0) is 19.1. The lowest BCUT2D eigenvalue weighted by atomic mass is 10.2. The van der Waals surface area contributed by atoms with Crippen LogP contribution in [-0.2, 0) is 6.42 Å². The number of aliphatic imine (C=N–C) groups is 1. The molecule has 28 heavy (non-hydrogen) atoms. The zero-order valence-corrected chi connectivity index (χ0v) is 19.4. The van der Waals surface area contributed by atoms with Crippen molar-refractivity contribution in [2.24, 2.45) is 4.99 Å². The fraction of sp³-hybridized carbons (Fsp3) is 0.450. The van der Waals surface area contributed by atoms with Gasteiger partial charge in [-0.3, -0.25) is 4.99 Å². The molecular weight excluding hydrogens is 491 g/mol. The van der Waals surface area contributed by atoms with Crippen molar-refractivity contribution in [3.8, 4) is 5.75 Å². The molecule has 154 valence electrons. The van der Waals surface area contributed by atoms with E-state index in [0.29, 0.717) is 12.6 Å². The Bertz CT molecular complexity index is 755. The van der Waals surface area contributed by atoms with Crippen molar-refractivity contribution in [2.75, 3.05) is 38.2 Å². The fourth-order valence-electron chi connectivity index (χ4n) is 3.25. The summed E-state index contributed by atoms with van der Waals surface area (Å²) in [6, 6.07) is 9.92. The van der Waals surface area contributed by atoms with E-state index in [2.05, 4.69) is 27.4 Å². The molecule has 0 saturated carbocycles. The zero-order valence-electron chi connectivity index (χ0n) is 16.3. The Hall–Kier alpha value is -1.61. The SMILES string of the molecule is CCNC(=NCCc1ccco1)NC1CCN(c2cc(Cl)ccc2OC)C1.I. The first-order valence-corrected chi connectivity index (χ1v) is 9.73. The Morgan fingerprint density at radius 3 is 2.96 bits per heavy atom. The van der Waals surface area contributed by atoms with Gasteiger partial charge in [-0.15, -0.1) is 24.0 Å². The van der Waals surface area contributed by atoms with Crippen LogP contribution < -0.4 is 20.3 Å². The molecule has 1 aromatic carbocycles. The Kier molecular flexibility index (Phi) is 9.24. The van der Waals surface area contributed by atoms with Crippen LogP contribution in [0.1, 0.15) is 19.1 Å². The highest BCUT2D eigenvalue weighted by Gasteiger charge is 2.25. The molecule has 3 rings (SSSR count). The number of ether oxygens (including phenoxy) is 1. The van der Waals surface area contributed by atoms with Crippen LogP contribution in [0.5, 0.6) is 5.75 Å². The third-order valence-corrected chi connectivity index (χ3v) is 4.80. The Balaban J connectivity index is 0.00000280. The lowest BCUT2D eigenvalue weighted by Gasteiger charge is -2.22. The van der Waals surface area contributed by atoms with Crippen LogP contribution in [0.3, 0.4) is 0 Å². The summed E-state index contributed by atoms with van der Waals surface area (Å²) in [7, 11) is 1.69. The summed E-state index contributed by atoms with van der Waals surface area (Å²) in [4.78, 5) is 6.97. The van der Waals surface area contributed by atoms with E-state index in [1.165, 1.54) is 0 Å². The van der Waals surface area contributed by atoms with E-state index in [-0.39, 0.29) is 24.0 Å². The van der Waals surface area contributed by atoms with E-state index in [1.54, 1.807) is 13.4 Å². The van der Waals surface area contributed by atoms with Gasteiger partial charge in [0.1, 0.15) is 11.5 Å². The second kappa shape index (κ2) is 11.4. The number of furan rings is 1. The molecule has 0 spiro atoms. The smallest absolute Gasteiger partial charge is 0.191 e. The van der Waals surface area contributed by atoms with Crippen molar-refractivity contribution >= 4 is 47.2 Å². The molecule has 1 saturated heterocycles. The number of hydrogen-bond donors (Lipinski definition) is 2. The highest BCUT2D eigenvalue weighted by Crippen LogP contribution is 2.33. The lowest BCUT2D eigenvalue weighted by molar-refractivity contribution is 0.415. The van der Waals surface area contributed by atoms with Crippen LogP contribution in [0.15, 0.2) is 46.0 Å². The maximum Gasteiger partial charge on any atom is 0.191 e. The quantitative estimate of drug-likeness (QED) is 0.330. The van der Waals surface area contributed by atoms with Crippen LogP contribution in [0.2, 0.25) is 5.02 Å². The van der Waals surface area contributed by atoms with Gasteiger partial charge in [0.05, 0.1) is 19.1 Å². The highest BCUT2D eigenvalue weighted by molar-refractivity contribution is 14.0. The fourth-order valence-corrected chi connectivity index (χ4v) is 3.42. The van der Waals surface area contributed by atoms with Gasteiger partial charge in [0, 0.05) is 43.7 Å². The molecule has 1 aliphatic rings. The molecule has 8 heteroatoms. The van der Waals surface area contributed by atoms with Gasteiger partial charge >= 0.3 is 0 Å². The summed E-state index contributed by atoms with van der Waals surface area (Å²) < 4.78 is 10.9. The molecule has 2 N–H and O–H groups in total. The summed E-state index contributed by atoms with van der Waals surface area (Å²) in [5, 5.41) is 7.58. The number of hydrogen-bond acceptors (Lipinski definition) is 4. The average molecular weight is 519 g/mol. The minimum absolute atomic E-state index is 0. The molecule has 2 heterocycles. The molecule has 0 radical (unpaired) electrons. The second-order valence-electron chi connectivity index (χ2n) is 6.48. The van der Waals surface area contributed by atoms with Crippen molar-refractivity contribution in [1.82, 2.24) is 10.6 Å². The summed E-state index contributed by atoms with van der Waals surface area (Å²) in [6.07, 6.45) is 3.51. The molecule has 1 aromatic heterocycles. The Morgan fingerprint density at radius 1 is 1.39 bits per heavy atom. The number of rotatable bonds is 7. The van der Waals surface area contributed by atoms with E-state index in [1.807, 2.05) is 30.3 Å². The molecule has 1 aliphatic heterocycles. The van der Waals surface area contributed by atoms with Crippen molar-refractivity contribution in [3.63, 3.8) is 0 Å².